The number of carbonyl (C=O) groups is 1. The molecule has 20 heavy (non-hydrogen) atoms. The Morgan fingerprint density at radius 1 is 1.40 bits per heavy atom. The lowest BCUT2D eigenvalue weighted by Crippen LogP contribution is -2.48. The lowest BCUT2D eigenvalue weighted by Gasteiger charge is -2.33. The van der Waals surface area contributed by atoms with E-state index >= 15 is 0 Å². The van der Waals surface area contributed by atoms with Gasteiger partial charge in [-0.05, 0) is 31.4 Å². The molecule has 0 aromatic carbocycles. The van der Waals surface area contributed by atoms with Gasteiger partial charge in [0.1, 0.15) is 0 Å². The van der Waals surface area contributed by atoms with Crippen molar-refractivity contribution in [2.75, 3.05) is 12.8 Å². The molecule has 4 nitrogen and oxygen atoms in total. The minimum absolute atomic E-state index is 0.110. The lowest BCUT2D eigenvalue weighted by atomic mass is 9.81. The fourth-order valence-corrected chi connectivity index (χ4v) is 3.63. The third-order valence-corrected chi connectivity index (χ3v) is 5.28. The molecule has 1 fully saturated rings. The summed E-state index contributed by atoms with van der Waals surface area (Å²) in [7, 11) is 0. The van der Waals surface area contributed by atoms with Crippen LogP contribution >= 0.6 is 11.8 Å². The van der Waals surface area contributed by atoms with Crippen LogP contribution in [0.25, 0.3) is 0 Å². The quantitative estimate of drug-likeness (QED) is 0.707. The van der Waals surface area contributed by atoms with Crippen molar-refractivity contribution in [3.05, 3.63) is 0 Å². The molecule has 1 saturated carbocycles. The Bertz CT molecular complexity index is 321. The largest absolute Gasteiger partial charge is 0.392 e. The molecule has 1 rings (SSSR count). The molecule has 3 N–H and O–H groups in total. The molecule has 3 atom stereocenters. The summed E-state index contributed by atoms with van der Waals surface area (Å²) in [6, 6.07) is 0.186. The third kappa shape index (κ3) is 5.17. The van der Waals surface area contributed by atoms with Gasteiger partial charge in [-0.1, -0.05) is 27.7 Å². The van der Waals surface area contributed by atoms with Crippen LogP contribution in [-0.2, 0) is 0 Å². The van der Waals surface area contributed by atoms with E-state index in [1.54, 1.807) is 0 Å². The minimum Gasteiger partial charge on any atom is -0.392 e. The molecule has 0 saturated heterocycles. The van der Waals surface area contributed by atoms with Crippen molar-refractivity contribution in [3.8, 4) is 0 Å². The van der Waals surface area contributed by atoms with E-state index in [1.807, 2.05) is 39.5 Å². The standard InChI is InChI=1S/C15H30N2O2S/c1-10(2)13(18)15(3,4)9-16-14(19)17-11-6-7-12(8-11)20-5/h10-13,18H,6-9H2,1-5H3,(H2,16,17,19)/t11-,12-,13-/m1/s1. The Labute approximate surface area is 127 Å². The topological polar surface area (TPSA) is 61.4 Å². The predicted molar refractivity (Wildman–Crippen MR) is 86.1 cm³/mol. The molecule has 0 unspecified atom stereocenters. The van der Waals surface area contributed by atoms with E-state index in [9.17, 15) is 9.90 Å². The van der Waals surface area contributed by atoms with Crippen LogP contribution in [0.1, 0.15) is 47.0 Å². The normalized spacial score (nSPS) is 24.8. The van der Waals surface area contributed by atoms with Gasteiger partial charge in [0.2, 0.25) is 0 Å². The Morgan fingerprint density at radius 3 is 2.55 bits per heavy atom. The number of hydrogen-bond donors (Lipinski definition) is 3. The Hall–Kier alpha value is -0.420. The Morgan fingerprint density at radius 2 is 2.05 bits per heavy atom. The van der Waals surface area contributed by atoms with E-state index in [2.05, 4.69) is 16.9 Å². The molecule has 0 aliphatic heterocycles. The minimum atomic E-state index is -0.421. The fourth-order valence-electron chi connectivity index (χ4n) is 2.84. The van der Waals surface area contributed by atoms with E-state index in [4.69, 9.17) is 0 Å². The van der Waals surface area contributed by atoms with Crippen LogP contribution in [0.15, 0.2) is 0 Å². The highest BCUT2D eigenvalue weighted by Crippen LogP contribution is 2.28. The first kappa shape index (κ1) is 17.6. The summed E-state index contributed by atoms with van der Waals surface area (Å²) in [6.45, 7) is 8.44. The van der Waals surface area contributed by atoms with Gasteiger partial charge in [0, 0.05) is 23.3 Å². The highest BCUT2D eigenvalue weighted by Gasteiger charge is 2.31. The van der Waals surface area contributed by atoms with Crippen molar-refractivity contribution in [2.24, 2.45) is 11.3 Å². The lowest BCUT2D eigenvalue weighted by molar-refractivity contribution is 0.0151. The SMILES string of the molecule is CS[C@@H]1CC[C@@H](NC(=O)NCC(C)(C)[C@H](O)C(C)C)C1. The number of urea groups is 1. The first-order valence-corrected chi connectivity index (χ1v) is 8.80. The van der Waals surface area contributed by atoms with Crippen LogP contribution in [0.2, 0.25) is 0 Å². The maximum absolute atomic E-state index is 11.9. The van der Waals surface area contributed by atoms with Crippen LogP contribution in [0.5, 0.6) is 0 Å². The van der Waals surface area contributed by atoms with Crippen LogP contribution in [0, 0.1) is 11.3 Å². The fraction of sp³-hybridized carbons (Fsp3) is 0.933. The van der Waals surface area contributed by atoms with Gasteiger partial charge >= 0.3 is 6.03 Å². The number of nitrogens with one attached hydrogen (secondary N) is 2. The molecule has 0 aromatic rings. The monoisotopic (exact) mass is 302 g/mol. The van der Waals surface area contributed by atoms with Crippen LogP contribution in [0.3, 0.4) is 0 Å². The Kier molecular flexibility index (Phi) is 6.65. The average molecular weight is 302 g/mol. The molecule has 0 aromatic heterocycles. The zero-order chi connectivity index (χ0) is 15.3. The number of amides is 2. The zero-order valence-corrected chi connectivity index (χ0v) is 14.2. The van der Waals surface area contributed by atoms with Gasteiger partial charge in [0.25, 0.3) is 0 Å². The van der Waals surface area contributed by atoms with Crippen molar-refractivity contribution in [2.45, 2.75) is 64.4 Å². The second kappa shape index (κ2) is 7.55. The maximum Gasteiger partial charge on any atom is 0.315 e. The van der Waals surface area contributed by atoms with Crippen LogP contribution in [-0.4, -0.2) is 41.3 Å². The van der Waals surface area contributed by atoms with Gasteiger partial charge in [-0.15, -0.1) is 0 Å². The molecular formula is C15H30N2O2S. The summed E-state index contributed by atoms with van der Waals surface area (Å²) in [6.07, 6.45) is 5.02. The number of hydrogen-bond acceptors (Lipinski definition) is 3. The summed E-state index contributed by atoms with van der Waals surface area (Å²) in [5, 5.41) is 16.8. The highest BCUT2D eigenvalue weighted by atomic mass is 32.2. The van der Waals surface area contributed by atoms with Crippen molar-refractivity contribution in [1.82, 2.24) is 10.6 Å². The van der Waals surface area contributed by atoms with E-state index in [0.717, 1.165) is 12.8 Å². The molecule has 0 radical (unpaired) electrons. The van der Waals surface area contributed by atoms with Gasteiger partial charge < -0.3 is 15.7 Å². The van der Waals surface area contributed by atoms with Crippen molar-refractivity contribution >= 4 is 17.8 Å². The summed E-state index contributed by atoms with van der Waals surface area (Å²) in [4.78, 5) is 11.9. The number of rotatable bonds is 6. The zero-order valence-electron chi connectivity index (χ0n) is 13.4. The molecule has 5 heteroatoms. The molecule has 0 heterocycles. The van der Waals surface area contributed by atoms with Crippen LogP contribution < -0.4 is 10.6 Å². The Balaban J connectivity index is 2.33. The van der Waals surface area contributed by atoms with Gasteiger partial charge in [0.05, 0.1) is 6.10 Å². The van der Waals surface area contributed by atoms with E-state index < -0.39 is 6.10 Å². The van der Waals surface area contributed by atoms with E-state index in [-0.39, 0.29) is 17.4 Å². The molecular weight excluding hydrogens is 272 g/mol. The van der Waals surface area contributed by atoms with Gasteiger partial charge in [-0.2, -0.15) is 11.8 Å². The van der Waals surface area contributed by atoms with Crippen molar-refractivity contribution in [3.63, 3.8) is 0 Å². The summed E-state index contributed by atoms with van der Waals surface area (Å²) < 4.78 is 0. The number of aliphatic hydroxyl groups excluding tert-OH is 1. The van der Waals surface area contributed by atoms with Crippen LogP contribution in [0.4, 0.5) is 4.79 Å². The summed E-state index contributed by atoms with van der Waals surface area (Å²) >= 11 is 1.88. The average Bonchev–Trinajstić information content (AvgIpc) is 2.83. The predicted octanol–water partition coefficient (Wildman–Crippen LogP) is 2.61. The first-order valence-electron chi connectivity index (χ1n) is 7.51. The molecule has 2 amide bonds. The molecule has 1 aliphatic rings. The van der Waals surface area contributed by atoms with Gasteiger partial charge in [0.15, 0.2) is 0 Å². The molecule has 1 aliphatic carbocycles. The number of carbonyl (C=O) groups excluding carboxylic acids is 1. The molecule has 118 valence electrons. The van der Waals surface area contributed by atoms with E-state index in [0.29, 0.717) is 17.8 Å². The number of thioether (sulfide) groups is 1. The summed E-state index contributed by atoms with van der Waals surface area (Å²) in [5.41, 5.74) is -0.316. The third-order valence-electron chi connectivity index (χ3n) is 4.19. The second-order valence-electron chi connectivity index (χ2n) is 6.87. The summed E-state index contributed by atoms with van der Waals surface area (Å²) in [5.74, 6) is 0.187. The maximum atomic E-state index is 11.9. The van der Waals surface area contributed by atoms with Crippen molar-refractivity contribution < 1.29 is 9.90 Å². The highest BCUT2D eigenvalue weighted by molar-refractivity contribution is 7.99. The van der Waals surface area contributed by atoms with E-state index in [1.165, 1.54) is 6.42 Å². The molecule has 0 bridgehead atoms. The van der Waals surface area contributed by atoms with Crippen molar-refractivity contribution in [1.29, 1.82) is 0 Å². The number of aliphatic hydroxyl groups is 1. The van der Waals surface area contributed by atoms with Gasteiger partial charge in [-0.25, -0.2) is 4.79 Å². The second-order valence-corrected chi connectivity index (χ2v) is 8.01. The first-order chi connectivity index (χ1) is 9.26. The van der Waals surface area contributed by atoms with Gasteiger partial charge in [-0.3, -0.25) is 0 Å². The smallest absolute Gasteiger partial charge is 0.315 e. The molecule has 0 spiro atoms.